The van der Waals surface area contributed by atoms with Gasteiger partial charge >= 0.3 is 35.5 Å². The van der Waals surface area contributed by atoms with E-state index < -0.39 is 48.5 Å². The number of ether oxygens (including phenoxy) is 1. The molecule has 0 spiro atoms. The van der Waals surface area contributed by atoms with E-state index in [1.807, 2.05) is 45.3 Å². The zero-order valence-corrected chi connectivity index (χ0v) is 32.6. The van der Waals surface area contributed by atoms with E-state index in [-0.39, 0.29) is 41.0 Å². The molecular weight excluding hydrogens is 708 g/mol. The van der Waals surface area contributed by atoms with Crippen LogP contribution in [0.3, 0.4) is 0 Å². The van der Waals surface area contributed by atoms with Crippen molar-refractivity contribution in [2.75, 3.05) is 11.5 Å². The van der Waals surface area contributed by atoms with Gasteiger partial charge < -0.3 is 18.9 Å². The second kappa shape index (κ2) is 14.4. The first-order valence-electron chi connectivity index (χ1n) is 15.4. The molecule has 0 radical (unpaired) electrons. The molecule has 3 aromatic rings. The number of rotatable bonds is 6. The minimum Gasteiger partial charge on any atom is -0.748 e. The van der Waals surface area contributed by atoms with Gasteiger partial charge in [0, 0.05) is 28.7 Å². The molecule has 6 rings (SSSR count). The maximum atomic E-state index is 12.4. The SMILES string of the molecule is CC(=O)NN.CC1(C)C=C(CS(=O)(=O)[O-])c2cc3c(cc2=C1)Oc1cc2c(cc1C=3c1ccccc1C(=O)O)C(CS(=O)(=O)[O-])=CC(C)(C)C2.[Na+]. The summed E-state index contributed by atoms with van der Waals surface area (Å²) in [4.78, 5) is 22.0. The van der Waals surface area contributed by atoms with Gasteiger partial charge in [0.15, 0.2) is 0 Å². The van der Waals surface area contributed by atoms with Gasteiger partial charge in [-0.3, -0.25) is 10.2 Å². The molecule has 0 saturated heterocycles. The summed E-state index contributed by atoms with van der Waals surface area (Å²) in [6.45, 7) is 9.02. The number of carbonyl (C=O) groups excluding carboxylic acids is 1. The molecular formula is C36H36N2NaO10S2-. The number of fused-ring (bicyclic) bond motifs is 4. The number of aromatic carboxylic acids is 1. The number of hydrazine groups is 1. The number of carbonyl (C=O) groups is 2. The third-order valence-corrected chi connectivity index (χ3v) is 9.72. The quantitative estimate of drug-likeness (QED) is 0.0786. The summed E-state index contributed by atoms with van der Waals surface area (Å²) in [5, 5.41) is 11.3. The number of carboxylic acids is 1. The molecule has 15 heteroatoms. The van der Waals surface area contributed by atoms with Crippen molar-refractivity contribution in [2.24, 2.45) is 16.7 Å². The summed E-state index contributed by atoms with van der Waals surface area (Å²) >= 11 is 0. The monoisotopic (exact) mass is 743 g/mol. The number of nitrogens with two attached hydrogens (primary N) is 1. The van der Waals surface area contributed by atoms with Crippen molar-refractivity contribution in [3.05, 3.63) is 105 Å². The predicted octanol–water partition coefficient (Wildman–Crippen LogP) is -0.00220. The Bertz CT molecular complexity index is 2380. The van der Waals surface area contributed by atoms with Crippen molar-refractivity contribution in [1.29, 1.82) is 0 Å². The Hall–Kier alpha value is -3.60. The molecule has 4 N–H and O–H groups in total. The Morgan fingerprint density at radius 2 is 1.43 bits per heavy atom. The van der Waals surface area contributed by atoms with E-state index in [0.29, 0.717) is 67.3 Å². The van der Waals surface area contributed by atoms with E-state index in [0.717, 1.165) is 5.56 Å². The molecule has 1 aliphatic heterocycles. The Balaban J connectivity index is 0.000000909. The van der Waals surface area contributed by atoms with Gasteiger partial charge in [0.25, 0.3) is 0 Å². The molecule has 0 unspecified atom stereocenters. The van der Waals surface area contributed by atoms with Crippen molar-refractivity contribution in [2.45, 2.75) is 41.0 Å². The van der Waals surface area contributed by atoms with E-state index in [1.165, 1.54) is 13.0 Å². The standard InChI is InChI=1S/C34H32O9S2.C2H6N2O.Na/c1-33(2)13-19-9-29-27(11-25(19)21(15-33)17-44(37,38)39)31(23-7-5-6-8-24(23)32(35)36)28-12-26-20(10-30(28)43-29)14-34(3,4)16-22(26)18-45(40,41)42;1-2(5)4-3;/h5-13,15-16H,14,17-18H2,1-4H3,(H,35,36)(H,37,38,39)(H,40,41,42);3H2,1H3,(H,4,5);/q;;+1/p-2. The van der Waals surface area contributed by atoms with Crippen LogP contribution in [0.4, 0.5) is 0 Å². The van der Waals surface area contributed by atoms with Crippen molar-refractivity contribution in [3.8, 4) is 11.5 Å². The van der Waals surface area contributed by atoms with Crippen LogP contribution in [0.5, 0.6) is 11.5 Å². The van der Waals surface area contributed by atoms with E-state index in [1.54, 1.807) is 48.6 Å². The first-order valence-corrected chi connectivity index (χ1v) is 18.6. The van der Waals surface area contributed by atoms with Gasteiger partial charge in [0.05, 0.1) is 37.3 Å². The van der Waals surface area contributed by atoms with Crippen LogP contribution >= 0.6 is 0 Å². The van der Waals surface area contributed by atoms with Gasteiger partial charge in [0.2, 0.25) is 5.91 Å². The van der Waals surface area contributed by atoms with Crippen molar-refractivity contribution in [3.63, 3.8) is 0 Å². The molecule has 0 saturated carbocycles. The number of allylic oxidation sites excluding steroid dienone is 2. The minimum atomic E-state index is -4.64. The van der Waals surface area contributed by atoms with E-state index in [4.69, 9.17) is 4.74 Å². The topological polar surface area (TPSA) is 216 Å². The first-order chi connectivity index (χ1) is 23.1. The Labute approximate surface area is 318 Å². The van der Waals surface area contributed by atoms with Crippen molar-refractivity contribution >= 4 is 54.9 Å². The van der Waals surface area contributed by atoms with Gasteiger partial charge in [-0.25, -0.2) is 27.5 Å². The van der Waals surface area contributed by atoms with Gasteiger partial charge in [-0.05, 0) is 80.8 Å². The molecule has 3 aromatic carbocycles. The molecule has 2 aliphatic carbocycles. The van der Waals surface area contributed by atoms with Gasteiger partial charge in [-0.15, -0.1) is 0 Å². The Morgan fingerprint density at radius 1 is 0.843 bits per heavy atom. The van der Waals surface area contributed by atoms with Crippen LogP contribution in [0.15, 0.2) is 60.7 Å². The third kappa shape index (κ3) is 9.26. The summed E-state index contributed by atoms with van der Waals surface area (Å²) in [5.74, 6) is 2.57. The maximum Gasteiger partial charge on any atom is 1.00 e. The molecule has 12 nitrogen and oxygen atoms in total. The second-order valence-corrected chi connectivity index (χ2v) is 16.7. The van der Waals surface area contributed by atoms with Crippen LogP contribution < -0.4 is 56.0 Å². The average Bonchev–Trinajstić information content (AvgIpc) is 2.96. The third-order valence-electron chi connectivity index (χ3n) is 8.39. The Kier molecular flexibility index (Phi) is 11.4. The molecule has 0 fully saturated rings. The zero-order valence-electron chi connectivity index (χ0n) is 29.0. The number of hydrogen-bond donors (Lipinski definition) is 3. The molecule has 3 aliphatic rings. The van der Waals surface area contributed by atoms with Crippen LogP contribution in [-0.2, 0) is 31.5 Å². The van der Waals surface area contributed by atoms with Crippen LogP contribution in [0.25, 0.3) is 22.8 Å². The maximum absolute atomic E-state index is 12.4. The predicted molar refractivity (Wildman–Crippen MR) is 186 cm³/mol. The molecule has 1 heterocycles. The number of benzene rings is 3. The Morgan fingerprint density at radius 3 is 2.00 bits per heavy atom. The normalized spacial score (nSPS) is 16.4. The number of hydrogen-bond acceptors (Lipinski definition) is 10. The molecule has 0 atom stereocenters. The van der Waals surface area contributed by atoms with E-state index >= 15 is 0 Å². The fourth-order valence-corrected chi connectivity index (χ4v) is 7.98. The number of amides is 1. The fourth-order valence-electron chi connectivity index (χ4n) is 6.74. The first kappa shape index (κ1) is 40.2. The summed E-state index contributed by atoms with van der Waals surface area (Å²) in [6.07, 6.45) is 6.01. The number of nitrogens with one attached hydrogen (secondary N) is 1. The van der Waals surface area contributed by atoms with Crippen LogP contribution in [0.2, 0.25) is 0 Å². The molecule has 264 valence electrons. The van der Waals surface area contributed by atoms with E-state index in [9.17, 15) is 40.6 Å². The van der Waals surface area contributed by atoms with E-state index in [2.05, 4.69) is 5.84 Å². The minimum absolute atomic E-state index is 0. The van der Waals surface area contributed by atoms with Gasteiger partial charge in [0.1, 0.15) is 11.5 Å². The molecule has 0 aromatic heterocycles. The summed E-state index contributed by atoms with van der Waals surface area (Å²) in [5.41, 5.74) is 4.71. The van der Waals surface area contributed by atoms with Crippen molar-refractivity contribution in [1.82, 2.24) is 5.43 Å². The van der Waals surface area contributed by atoms with Crippen molar-refractivity contribution < 1.29 is 74.9 Å². The molecule has 1 amide bonds. The van der Waals surface area contributed by atoms with Crippen LogP contribution in [0, 0.1) is 10.8 Å². The zero-order chi connectivity index (χ0) is 37.0. The summed E-state index contributed by atoms with van der Waals surface area (Å²) < 4.78 is 78.0. The smallest absolute Gasteiger partial charge is 0.748 e. The fraction of sp³-hybridized carbons (Fsp3) is 0.278. The molecule has 0 bridgehead atoms. The summed E-state index contributed by atoms with van der Waals surface area (Å²) in [7, 11) is -9.27. The van der Waals surface area contributed by atoms with Crippen LogP contribution in [0.1, 0.15) is 72.8 Å². The largest absolute Gasteiger partial charge is 1.00 e. The van der Waals surface area contributed by atoms with Gasteiger partial charge in [-0.2, -0.15) is 0 Å². The average molecular weight is 744 g/mol. The summed E-state index contributed by atoms with van der Waals surface area (Å²) in [6, 6.07) is 13.5. The second-order valence-electron chi connectivity index (χ2n) is 13.8. The van der Waals surface area contributed by atoms with Gasteiger partial charge in [-0.1, -0.05) is 64.1 Å². The van der Waals surface area contributed by atoms with Crippen LogP contribution in [-0.4, -0.2) is 54.4 Å². The molecule has 51 heavy (non-hydrogen) atoms. The number of carboxylic acid groups (broad SMARTS) is 1.